The van der Waals surface area contributed by atoms with Crippen LogP contribution >= 0.6 is 0 Å². The van der Waals surface area contributed by atoms with Gasteiger partial charge in [-0.05, 0) is 70.4 Å². The molecule has 0 saturated carbocycles. The fourth-order valence-corrected chi connectivity index (χ4v) is 5.56. The summed E-state index contributed by atoms with van der Waals surface area (Å²) >= 11 is 0. The monoisotopic (exact) mass is 489 g/mol. The molecule has 3 rings (SSSR count). The number of amides is 3. The van der Waals surface area contributed by atoms with Crippen molar-refractivity contribution in [3.63, 3.8) is 0 Å². The van der Waals surface area contributed by atoms with Crippen molar-refractivity contribution in [3.8, 4) is 0 Å². The first kappa shape index (κ1) is 27.5. The molecule has 0 aromatic rings. The topological polar surface area (TPSA) is 79.0 Å². The van der Waals surface area contributed by atoms with Crippen LogP contribution in [-0.2, 0) is 14.3 Å². The van der Waals surface area contributed by atoms with Gasteiger partial charge in [0.15, 0.2) is 0 Å². The summed E-state index contributed by atoms with van der Waals surface area (Å²) in [4.78, 5) is 43.2. The fourth-order valence-electron chi connectivity index (χ4n) is 5.56. The highest BCUT2D eigenvalue weighted by Crippen LogP contribution is 2.40. The third-order valence-electron chi connectivity index (χ3n) is 7.48. The zero-order valence-electron chi connectivity index (χ0n) is 22.5. The van der Waals surface area contributed by atoms with E-state index < -0.39 is 5.60 Å². The molecule has 1 fully saturated rings. The first-order valence-electron chi connectivity index (χ1n) is 13.9. The van der Waals surface area contributed by atoms with Crippen LogP contribution in [0.3, 0.4) is 0 Å². The van der Waals surface area contributed by atoms with Crippen molar-refractivity contribution in [2.24, 2.45) is 11.8 Å². The predicted molar refractivity (Wildman–Crippen MR) is 138 cm³/mol. The van der Waals surface area contributed by atoms with E-state index in [9.17, 15) is 14.4 Å². The van der Waals surface area contributed by atoms with E-state index in [-0.39, 0.29) is 29.7 Å². The van der Waals surface area contributed by atoms with Crippen molar-refractivity contribution in [2.75, 3.05) is 32.7 Å². The van der Waals surface area contributed by atoms with Crippen LogP contribution in [0.25, 0.3) is 0 Å². The van der Waals surface area contributed by atoms with Crippen LogP contribution in [0.2, 0.25) is 0 Å². The average Bonchev–Trinajstić information content (AvgIpc) is 3.25. The summed E-state index contributed by atoms with van der Waals surface area (Å²) in [5.74, 6) is -0.584. The van der Waals surface area contributed by atoms with Gasteiger partial charge in [-0.2, -0.15) is 0 Å². The molecule has 2 aliphatic heterocycles. The van der Waals surface area contributed by atoms with Crippen LogP contribution in [-0.4, -0.2) is 66.0 Å². The molecule has 7 nitrogen and oxygen atoms in total. The van der Waals surface area contributed by atoms with Gasteiger partial charge in [-0.25, -0.2) is 4.79 Å². The zero-order chi connectivity index (χ0) is 25.4. The van der Waals surface area contributed by atoms with Gasteiger partial charge < -0.3 is 19.9 Å². The molecule has 1 saturated heterocycles. The highest BCUT2D eigenvalue weighted by Gasteiger charge is 2.43. The van der Waals surface area contributed by atoms with Crippen molar-refractivity contribution in [1.29, 1.82) is 0 Å². The van der Waals surface area contributed by atoms with E-state index in [1.54, 1.807) is 4.90 Å². The molecule has 1 aliphatic carbocycles. The number of nitrogens with one attached hydrogen (secondary N) is 1. The summed E-state index contributed by atoms with van der Waals surface area (Å²) in [6, 6.07) is 0. The number of carbonyl (C=O) groups excluding carboxylic acids is 3. The molecule has 3 amide bonds. The van der Waals surface area contributed by atoms with Crippen LogP contribution in [0, 0.1) is 11.8 Å². The lowest BCUT2D eigenvalue weighted by Gasteiger charge is -2.36. The smallest absolute Gasteiger partial charge is 0.410 e. The van der Waals surface area contributed by atoms with Gasteiger partial charge in [-0.3, -0.25) is 9.59 Å². The molecule has 0 aromatic heterocycles. The fraction of sp³-hybridized carbons (Fsp3) is 0.821. The lowest BCUT2D eigenvalue weighted by atomic mass is 9.75. The lowest BCUT2D eigenvalue weighted by molar-refractivity contribution is -0.143. The van der Waals surface area contributed by atoms with E-state index in [2.05, 4.69) is 12.2 Å². The molecule has 0 bridgehead atoms. The Hall–Kier alpha value is -2.05. The number of ether oxygens (including phenoxy) is 1. The Balaban J connectivity index is 1.63. The number of hydrogen-bond donors (Lipinski definition) is 1. The Kier molecular flexibility index (Phi) is 10.0. The average molecular weight is 490 g/mol. The first-order valence-corrected chi connectivity index (χ1v) is 13.9. The SMILES string of the molecule is CCCCCCCCNC(=O)[C@@H]1CC2=C(C[C@@H]1C(=O)N1CCCCC1)CN(C(=O)OC(C)(C)C)C2. The van der Waals surface area contributed by atoms with Crippen LogP contribution in [0.1, 0.15) is 98.3 Å². The van der Waals surface area contributed by atoms with Crippen molar-refractivity contribution in [1.82, 2.24) is 15.1 Å². The molecule has 0 unspecified atom stereocenters. The minimum atomic E-state index is -0.550. The molecule has 0 radical (unpaired) electrons. The maximum absolute atomic E-state index is 13.6. The minimum absolute atomic E-state index is 0.00353. The van der Waals surface area contributed by atoms with Crippen molar-refractivity contribution in [3.05, 3.63) is 11.1 Å². The molecular weight excluding hydrogens is 442 g/mol. The number of likely N-dealkylation sites (tertiary alicyclic amines) is 1. The van der Waals surface area contributed by atoms with Gasteiger partial charge in [0.1, 0.15) is 5.60 Å². The summed E-state index contributed by atoms with van der Waals surface area (Å²) in [5, 5.41) is 3.14. The first-order chi connectivity index (χ1) is 16.7. The van der Waals surface area contributed by atoms with E-state index in [1.807, 2.05) is 25.7 Å². The Bertz CT molecular complexity index is 780. The van der Waals surface area contributed by atoms with E-state index in [0.717, 1.165) is 56.3 Å². The Morgan fingerprint density at radius 2 is 1.46 bits per heavy atom. The molecule has 35 heavy (non-hydrogen) atoms. The molecule has 1 N–H and O–H groups in total. The number of unbranched alkanes of at least 4 members (excludes halogenated alkanes) is 5. The van der Waals surface area contributed by atoms with Gasteiger partial charge >= 0.3 is 6.09 Å². The summed E-state index contributed by atoms with van der Waals surface area (Å²) < 4.78 is 5.58. The number of rotatable bonds is 9. The minimum Gasteiger partial charge on any atom is -0.444 e. The largest absolute Gasteiger partial charge is 0.444 e. The quantitative estimate of drug-likeness (QED) is 0.363. The molecule has 2 atom stereocenters. The molecule has 0 aromatic carbocycles. The Morgan fingerprint density at radius 1 is 0.857 bits per heavy atom. The van der Waals surface area contributed by atoms with Crippen molar-refractivity contribution in [2.45, 2.75) is 104 Å². The van der Waals surface area contributed by atoms with Gasteiger partial charge in [0.25, 0.3) is 0 Å². The second kappa shape index (κ2) is 12.8. The number of hydrogen-bond acceptors (Lipinski definition) is 4. The Labute approximate surface area is 212 Å². The predicted octanol–water partition coefficient (Wildman–Crippen LogP) is 5.05. The highest BCUT2D eigenvalue weighted by molar-refractivity contribution is 5.89. The van der Waals surface area contributed by atoms with Crippen LogP contribution in [0.4, 0.5) is 4.79 Å². The Morgan fingerprint density at radius 3 is 2.09 bits per heavy atom. The van der Waals surface area contributed by atoms with Gasteiger partial charge in [-0.15, -0.1) is 0 Å². The molecule has 2 heterocycles. The normalized spacial score (nSPS) is 22.7. The van der Waals surface area contributed by atoms with E-state index in [1.165, 1.54) is 25.7 Å². The van der Waals surface area contributed by atoms with E-state index >= 15 is 0 Å². The van der Waals surface area contributed by atoms with Crippen molar-refractivity contribution < 1.29 is 19.1 Å². The molecule has 3 aliphatic rings. The standard InChI is InChI=1S/C28H47N3O4/c1-5-6-7-8-9-11-14-29-25(32)23-17-21-19-31(27(34)35-28(2,3)4)20-22(21)18-24(23)26(33)30-15-12-10-13-16-30/h23-24H,5-20H2,1-4H3,(H,29,32)/t23-,24+/m1/s1. The van der Waals surface area contributed by atoms with Crippen LogP contribution in [0.5, 0.6) is 0 Å². The van der Waals surface area contributed by atoms with Gasteiger partial charge in [0, 0.05) is 32.7 Å². The van der Waals surface area contributed by atoms with E-state index in [0.29, 0.717) is 32.5 Å². The summed E-state index contributed by atoms with van der Waals surface area (Å²) in [6.45, 7) is 11.1. The van der Waals surface area contributed by atoms with Gasteiger partial charge in [-0.1, -0.05) is 39.0 Å². The molecule has 7 heteroatoms. The number of piperidine rings is 1. The summed E-state index contributed by atoms with van der Waals surface area (Å²) in [5.41, 5.74) is 1.73. The van der Waals surface area contributed by atoms with Crippen molar-refractivity contribution >= 4 is 17.9 Å². The second-order valence-electron chi connectivity index (χ2n) is 11.6. The number of carbonyl (C=O) groups is 3. The van der Waals surface area contributed by atoms with Crippen LogP contribution in [0.15, 0.2) is 11.1 Å². The van der Waals surface area contributed by atoms with E-state index in [4.69, 9.17) is 4.74 Å². The molecule has 198 valence electrons. The maximum atomic E-state index is 13.6. The van der Waals surface area contributed by atoms with Gasteiger partial charge in [0.05, 0.1) is 11.8 Å². The number of nitrogens with zero attached hydrogens (tertiary/aromatic N) is 2. The summed E-state index contributed by atoms with van der Waals surface area (Å²) in [7, 11) is 0. The molecule has 0 spiro atoms. The molecular formula is C28H47N3O4. The van der Waals surface area contributed by atoms with Gasteiger partial charge in [0.2, 0.25) is 11.8 Å². The third kappa shape index (κ3) is 7.97. The third-order valence-corrected chi connectivity index (χ3v) is 7.48. The second-order valence-corrected chi connectivity index (χ2v) is 11.6. The maximum Gasteiger partial charge on any atom is 0.410 e. The van der Waals surface area contributed by atoms with Crippen LogP contribution < -0.4 is 5.32 Å². The highest BCUT2D eigenvalue weighted by atomic mass is 16.6. The lowest BCUT2D eigenvalue weighted by Crippen LogP contribution is -2.47. The zero-order valence-corrected chi connectivity index (χ0v) is 22.5. The summed E-state index contributed by atoms with van der Waals surface area (Å²) in [6.07, 6.45) is 11.1.